The number of nitrogens with one attached hydrogen (secondary N) is 2. The van der Waals surface area contributed by atoms with Gasteiger partial charge in [-0.2, -0.15) is 0 Å². The molecule has 3 rings (SSSR count). The fourth-order valence-corrected chi connectivity index (χ4v) is 3.64. The molecule has 1 aromatic heterocycles. The summed E-state index contributed by atoms with van der Waals surface area (Å²) in [6.07, 6.45) is 0.783. The highest BCUT2D eigenvalue weighted by molar-refractivity contribution is 7.15. The number of anilines is 2. The number of carbonyl (C=O) groups is 1. The summed E-state index contributed by atoms with van der Waals surface area (Å²) in [5, 5.41) is 17.8. The second kappa shape index (κ2) is 8.62. The van der Waals surface area contributed by atoms with Gasteiger partial charge in [0.15, 0.2) is 5.13 Å². The first-order valence-electron chi connectivity index (χ1n) is 8.81. The standard InChI is InChI=1S/C20H20N4O3S/c1-3-16-13(2)28-20(22-16)23-19(25)15-9-10-17(18(11-15)24(26)27)21-12-14-7-5-4-6-8-14/h4-11,21H,3,12H2,1-2H3,(H,22,23,25). The van der Waals surface area contributed by atoms with Crippen LogP contribution in [-0.4, -0.2) is 15.8 Å². The van der Waals surface area contributed by atoms with E-state index in [1.165, 1.54) is 17.4 Å². The van der Waals surface area contributed by atoms with Gasteiger partial charge >= 0.3 is 0 Å². The number of nitro groups is 1. The number of hydrogen-bond donors (Lipinski definition) is 2. The zero-order chi connectivity index (χ0) is 20.1. The molecule has 28 heavy (non-hydrogen) atoms. The van der Waals surface area contributed by atoms with Gasteiger partial charge in [-0.15, -0.1) is 11.3 Å². The number of amides is 1. The Hall–Kier alpha value is -3.26. The van der Waals surface area contributed by atoms with Gasteiger partial charge in [-0.3, -0.25) is 20.2 Å². The first-order valence-corrected chi connectivity index (χ1v) is 9.63. The van der Waals surface area contributed by atoms with Crippen LogP contribution in [0.25, 0.3) is 0 Å². The van der Waals surface area contributed by atoms with Gasteiger partial charge in [-0.25, -0.2) is 4.98 Å². The fraction of sp³-hybridized carbons (Fsp3) is 0.200. The molecule has 0 saturated carbocycles. The molecule has 1 amide bonds. The van der Waals surface area contributed by atoms with E-state index in [4.69, 9.17) is 0 Å². The molecular weight excluding hydrogens is 376 g/mol. The highest BCUT2D eigenvalue weighted by Crippen LogP contribution is 2.27. The molecule has 2 N–H and O–H groups in total. The number of rotatable bonds is 7. The number of hydrogen-bond acceptors (Lipinski definition) is 6. The average Bonchev–Trinajstić information content (AvgIpc) is 3.06. The molecule has 3 aromatic rings. The van der Waals surface area contributed by atoms with E-state index in [9.17, 15) is 14.9 Å². The van der Waals surface area contributed by atoms with Crippen molar-refractivity contribution in [1.29, 1.82) is 0 Å². The van der Waals surface area contributed by atoms with Crippen LogP contribution in [0.5, 0.6) is 0 Å². The maximum atomic E-state index is 12.5. The number of nitro benzene ring substituents is 1. The number of aromatic nitrogens is 1. The van der Waals surface area contributed by atoms with Gasteiger partial charge in [0, 0.05) is 23.1 Å². The van der Waals surface area contributed by atoms with Gasteiger partial charge in [0.1, 0.15) is 5.69 Å². The molecule has 0 saturated heterocycles. The van der Waals surface area contributed by atoms with Crippen LogP contribution in [-0.2, 0) is 13.0 Å². The zero-order valence-electron chi connectivity index (χ0n) is 15.6. The summed E-state index contributed by atoms with van der Waals surface area (Å²) in [5.41, 5.74) is 2.37. The highest BCUT2D eigenvalue weighted by Gasteiger charge is 2.18. The normalized spacial score (nSPS) is 10.5. The molecule has 2 aromatic carbocycles. The van der Waals surface area contributed by atoms with E-state index in [2.05, 4.69) is 15.6 Å². The summed E-state index contributed by atoms with van der Waals surface area (Å²) in [6.45, 7) is 4.40. The largest absolute Gasteiger partial charge is 0.375 e. The van der Waals surface area contributed by atoms with Crippen molar-refractivity contribution in [3.05, 3.63) is 80.3 Å². The van der Waals surface area contributed by atoms with Gasteiger partial charge < -0.3 is 5.32 Å². The van der Waals surface area contributed by atoms with Gasteiger partial charge in [-0.1, -0.05) is 37.3 Å². The summed E-state index contributed by atoms with van der Waals surface area (Å²) in [5.74, 6) is -0.422. The molecule has 0 aliphatic rings. The summed E-state index contributed by atoms with van der Waals surface area (Å²) >= 11 is 1.39. The van der Waals surface area contributed by atoms with Crippen molar-refractivity contribution >= 4 is 33.8 Å². The lowest BCUT2D eigenvalue weighted by Gasteiger charge is -2.09. The van der Waals surface area contributed by atoms with Crippen molar-refractivity contribution in [3.8, 4) is 0 Å². The van der Waals surface area contributed by atoms with Crippen LogP contribution in [0.1, 0.15) is 33.4 Å². The minimum atomic E-state index is -0.493. The Kier molecular flexibility index (Phi) is 6.00. The smallest absolute Gasteiger partial charge is 0.293 e. The number of benzene rings is 2. The summed E-state index contributed by atoms with van der Waals surface area (Å²) in [4.78, 5) is 28.9. The van der Waals surface area contributed by atoms with E-state index in [-0.39, 0.29) is 11.3 Å². The summed E-state index contributed by atoms with van der Waals surface area (Å²) in [6, 6.07) is 14.0. The predicted octanol–water partition coefficient (Wildman–Crippen LogP) is 4.79. The van der Waals surface area contributed by atoms with Gasteiger partial charge in [0.2, 0.25) is 0 Å². The third kappa shape index (κ3) is 4.52. The Bertz CT molecular complexity index is 1000. The zero-order valence-corrected chi connectivity index (χ0v) is 16.4. The number of nitrogens with zero attached hydrogens (tertiary/aromatic N) is 2. The van der Waals surface area contributed by atoms with Crippen molar-refractivity contribution in [1.82, 2.24) is 4.98 Å². The maximum Gasteiger partial charge on any atom is 0.293 e. The molecule has 7 nitrogen and oxygen atoms in total. The molecule has 0 atom stereocenters. The quantitative estimate of drug-likeness (QED) is 0.442. The van der Waals surface area contributed by atoms with Crippen LogP contribution in [0.2, 0.25) is 0 Å². The number of aryl methyl sites for hydroxylation is 2. The fourth-order valence-electron chi connectivity index (χ4n) is 2.75. The SMILES string of the molecule is CCc1nc(NC(=O)c2ccc(NCc3ccccc3)c([N+](=O)[O-])c2)sc1C. The number of carbonyl (C=O) groups excluding carboxylic acids is 1. The lowest BCUT2D eigenvalue weighted by atomic mass is 10.1. The van der Waals surface area contributed by atoms with Crippen molar-refractivity contribution in [2.24, 2.45) is 0 Å². The molecule has 0 radical (unpaired) electrons. The van der Waals surface area contributed by atoms with Crippen molar-refractivity contribution in [2.75, 3.05) is 10.6 Å². The molecule has 144 valence electrons. The molecule has 8 heteroatoms. The lowest BCUT2D eigenvalue weighted by Crippen LogP contribution is -2.12. The van der Waals surface area contributed by atoms with E-state index in [1.54, 1.807) is 12.1 Å². The Balaban J connectivity index is 1.77. The minimum Gasteiger partial charge on any atom is -0.375 e. The third-order valence-corrected chi connectivity index (χ3v) is 5.16. The molecule has 1 heterocycles. The molecule has 0 fully saturated rings. The third-order valence-electron chi connectivity index (χ3n) is 4.23. The van der Waals surface area contributed by atoms with Crippen LogP contribution in [0, 0.1) is 17.0 Å². The van der Waals surface area contributed by atoms with Crippen molar-refractivity contribution in [3.63, 3.8) is 0 Å². The van der Waals surface area contributed by atoms with Crippen LogP contribution in [0.3, 0.4) is 0 Å². The van der Waals surface area contributed by atoms with Gasteiger partial charge in [0.05, 0.1) is 10.6 Å². The van der Waals surface area contributed by atoms with E-state index in [0.717, 1.165) is 22.6 Å². The molecule has 0 spiro atoms. The van der Waals surface area contributed by atoms with E-state index < -0.39 is 10.8 Å². The highest BCUT2D eigenvalue weighted by atomic mass is 32.1. The van der Waals surface area contributed by atoms with Gasteiger partial charge in [-0.05, 0) is 31.0 Å². The van der Waals surface area contributed by atoms with E-state index in [1.807, 2.05) is 44.2 Å². The Morgan fingerprint density at radius 2 is 1.96 bits per heavy atom. The summed E-state index contributed by atoms with van der Waals surface area (Å²) in [7, 11) is 0. The topological polar surface area (TPSA) is 97.2 Å². The molecule has 0 unspecified atom stereocenters. The first-order chi connectivity index (χ1) is 13.5. The van der Waals surface area contributed by atoms with Crippen LogP contribution in [0.4, 0.5) is 16.5 Å². The first kappa shape index (κ1) is 19.5. The monoisotopic (exact) mass is 396 g/mol. The second-order valence-electron chi connectivity index (χ2n) is 6.16. The molecular formula is C20H20N4O3S. The minimum absolute atomic E-state index is 0.145. The number of thiazole rings is 1. The molecule has 0 aliphatic heterocycles. The van der Waals surface area contributed by atoms with E-state index in [0.29, 0.717) is 17.4 Å². The van der Waals surface area contributed by atoms with E-state index >= 15 is 0 Å². The van der Waals surface area contributed by atoms with Gasteiger partial charge in [0.25, 0.3) is 11.6 Å². The Morgan fingerprint density at radius 3 is 2.61 bits per heavy atom. The van der Waals surface area contributed by atoms with Crippen LogP contribution < -0.4 is 10.6 Å². The lowest BCUT2D eigenvalue weighted by molar-refractivity contribution is -0.384. The second-order valence-corrected chi connectivity index (χ2v) is 7.36. The Morgan fingerprint density at radius 1 is 1.21 bits per heavy atom. The maximum absolute atomic E-state index is 12.5. The Labute approximate surface area is 166 Å². The summed E-state index contributed by atoms with van der Waals surface area (Å²) < 4.78 is 0. The van der Waals surface area contributed by atoms with Crippen LogP contribution in [0.15, 0.2) is 48.5 Å². The average molecular weight is 396 g/mol. The predicted molar refractivity (Wildman–Crippen MR) is 111 cm³/mol. The molecule has 0 aliphatic carbocycles. The van der Waals surface area contributed by atoms with Crippen LogP contribution >= 0.6 is 11.3 Å². The van der Waals surface area contributed by atoms with Crippen molar-refractivity contribution < 1.29 is 9.72 Å². The van der Waals surface area contributed by atoms with Crippen molar-refractivity contribution in [2.45, 2.75) is 26.8 Å². The molecule has 0 bridgehead atoms.